The van der Waals surface area contributed by atoms with Crippen molar-refractivity contribution in [1.82, 2.24) is 0 Å². The molecule has 0 spiro atoms. The minimum atomic E-state index is -4.48. The van der Waals surface area contributed by atoms with E-state index in [0.29, 0.717) is 0 Å². The van der Waals surface area contributed by atoms with Crippen LogP contribution in [-0.4, -0.2) is 11.1 Å². The van der Waals surface area contributed by atoms with Crippen molar-refractivity contribution in [3.63, 3.8) is 0 Å². The van der Waals surface area contributed by atoms with Crippen LogP contribution in [0.1, 0.15) is 21.5 Å². The number of alkyl halides is 4. The lowest BCUT2D eigenvalue weighted by atomic mass is 10.0. The molecule has 16 heavy (non-hydrogen) atoms. The van der Waals surface area contributed by atoms with E-state index in [1.165, 1.54) is 6.92 Å². The minimum Gasteiger partial charge on any atom is -0.293 e. The van der Waals surface area contributed by atoms with Crippen LogP contribution in [0.25, 0.3) is 0 Å². The van der Waals surface area contributed by atoms with Crippen molar-refractivity contribution in [1.29, 1.82) is 0 Å². The molecule has 1 rings (SSSR count). The number of Topliss-reactive ketones (excluding diaryl/α,β-unsaturated/α-hetero) is 1. The first-order valence-corrected chi connectivity index (χ1v) is 5.74. The molecule has 0 aliphatic carbocycles. The summed E-state index contributed by atoms with van der Waals surface area (Å²) in [5, 5.41) is -0.0254. The van der Waals surface area contributed by atoms with Gasteiger partial charge in [-0.3, -0.25) is 4.79 Å². The van der Waals surface area contributed by atoms with Gasteiger partial charge in [-0.25, -0.2) is 0 Å². The van der Waals surface area contributed by atoms with Crippen LogP contribution in [0.2, 0.25) is 5.02 Å². The highest BCUT2D eigenvalue weighted by Crippen LogP contribution is 2.34. The van der Waals surface area contributed by atoms with E-state index < -0.39 is 17.5 Å². The van der Waals surface area contributed by atoms with Crippen LogP contribution in [0.15, 0.2) is 12.1 Å². The summed E-state index contributed by atoms with van der Waals surface area (Å²) in [6.45, 7) is 1.30. The summed E-state index contributed by atoms with van der Waals surface area (Å²) >= 11 is 8.61. The fourth-order valence-electron chi connectivity index (χ4n) is 1.26. The van der Waals surface area contributed by atoms with Crippen molar-refractivity contribution in [3.8, 4) is 0 Å². The van der Waals surface area contributed by atoms with E-state index in [0.717, 1.165) is 12.1 Å². The highest BCUT2D eigenvalue weighted by molar-refractivity contribution is 9.09. The van der Waals surface area contributed by atoms with Gasteiger partial charge in [-0.2, -0.15) is 13.2 Å². The van der Waals surface area contributed by atoms with Crippen LogP contribution in [0, 0.1) is 6.92 Å². The van der Waals surface area contributed by atoms with Gasteiger partial charge in [-0.15, -0.1) is 0 Å². The Kier molecular flexibility index (Phi) is 4.02. The van der Waals surface area contributed by atoms with Crippen LogP contribution in [0.3, 0.4) is 0 Å². The van der Waals surface area contributed by atoms with Crippen molar-refractivity contribution in [2.45, 2.75) is 13.1 Å². The summed E-state index contributed by atoms with van der Waals surface area (Å²) in [4.78, 5) is 11.3. The van der Waals surface area contributed by atoms with E-state index in [9.17, 15) is 18.0 Å². The molecule has 0 atom stereocenters. The first-order chi connectivity index (χ1) is 7.27. The average molecular weight is 316 g/mol. The monoisotopic (exact) mass is 314 g/mol. The highest BCUT2D eigenvalue weighted by Gasteiger charge is 2.33. The molecule has 0 aromatic heterocycles. The van der Waals surface area contributed by atoms with Crippen molar-refractivity contribution in [2.75, 3.05) is 5.33 Å². The van der Waals surface area contributed by atoms with Crippen LogP contribution in [0.4, 0.5) is 13.2 Å². The van der Waals surface area contributed by atoms with Crippen LogP contribution in [0.5, 0.6) is 0 Å². The number of carbonyl (C=O) groups excluding carboxylic acids is 1. The van der Waals surface area contributed by atoms with E-state index in [2.05, 4.69) is 15.9 Å². The molecule has 0 saturated heterocycles. The molecule has 1 nitrogen and oxygen atoms in total. The number of ketones is 1. The largest absolute Gasteiger partial charge is 0.416 e. The third kappa shape index (κ3) is 2.77. The fraction of sp³-hybridized carbons (Fsp3) is 0.300. The normalized spacial score (nSPS) is 11.6. The van der Waals surface area contributed by atoms with E-state index in [4.69, 9.17) is 11.6 Å². The Morgan fingerprint density at radius 2 is 2.00 bits per heavy atom. The van der Waals surface area contributed by atoms with E-state index in [1.807, 2.05) is 0 Å². The molecule has 6 heteroatoms. The Balaban J connectivity index is 3.39. The van der Waals surface area contributed by atoms with Gasteiger partial charge in [-0.1, -0.05) is 27.5 Å². The van der Waals surface area contributed by atoms with Gasteiger partial charge in [0.05, 0.1) is 15.9 Å². The zero-order valence-electron chi connectivity index (χ0n) is 8.16. The SMILES string of the molecule is Cc1cc(Cl)c(C(=O)CBr)cc1C(F)(F)F. The number of carbonyl (C=O) groups is 1. The third-order valence-electron chi connectivity index (χ3n) is 2.04. The van der Waals surface area contributed by atoms with Gasteiger partial charge in [0, 0.05) is 5.56 Å². The summed E-state index contributed by atoms with van der Waals surface area (Å²) < 4.78 is 37.7. The molecule has 0 amide bonds. The van der Waals surface area contributed by atoms with Gasteiger partial charge < -0.3 is 0 Å². The highest BCUT2D eigenvalue weighted by atomic mass is 79.9. The number of aryl methyl sites for hydroxylation is 1. The molecule has 0 radical (unpaired) electrons. The van der Waals surface area contributed by atoms with E-state index >= 15 is 0 Å². The van der Waals surface area contributed by atoms with Crippen LogP contribution < -0.4 is 0 Å². The Morgan fingerprint density at radius 3 is 2.44 bits per heavy atom. The number of hydrogen-bond acceptors (Lipinski definition) is 1. The maximum Gasteiger partial charge on any atom is 0.416 e. The number of halogens is 5. The van der Waals surface area contributed by atoms with E-state index in [1.54, 1.807) is 0 Å². The molecule has 0 saturated carbocycles. The molecule has 0 N–H and O–H groups in total. The lowest BCUT2D eigenvalue weighted by Crippen LogP contribution is -2.11. The maximum absolute atomic E-state index is 12.6. The van der Waals surface area contributed by atoms with Gasteiger partial charge in [0.1, 0.15) is 0 Å². The second-order valence-electron chi connectivity index (χ2n) is 3.20. The molecule has 0 fully saturated rings. The summed E-state index contributed by atoms with van der Waals surface area (Å²) in [6, 6.07) is 1.95. The van der Waals surface area contributed by atoms with E-state index in [-0.39, 0.29) is 21.5 Å². The van der Waals surface area contributed by atoms with Crippen molar-refractivity contribution in [3.05, 3.63) is 33.8 Å². The molecule has 88 valence electrons. The molecule has 0 bridgehead atoms. The fourth-order valence-corrected chi connectivity index (χ4v) is 1.89. The molecule has 1 aromatic rings. The van der Waals surface area contributed by atoms with Gasteiger partial charge in [0.2, 0.25) is 0 Å². The summed E-state index contributed by atoms with van der Waals surface area (Å²) in [6.07, 6.45) is -4.48. The molecule has 0 aliphatic rings. The van der Waals surface area contributed by atoms with Gasteiger partial charge >= 0.3 is 6.18 Å². The maximum atomic E-state index is 12.6. The molecular weight excluding hydrogens is 308 g/mol. The molecule has 1 aromatic carbocycles. The number of hydrogen-bond donors (Lipinski definition) is 0. The Labute approximate surface area is 104 Å². The predicted molar refractivity (Wildman–Crippen MR) is 59.3 cm³/mol. The number of benzene rings is 1. The van der Waals surface area contributed by atoms with Crippen molar-refractivity contribution < 1.29 is 18.0 Å². The first-order valence-electron chi connectivity index (χ1n) is 4.24. The zero-order valence-corrected chi connectivity index (χ0v) is 10.5. The smallest absolute Gasteiger partial charge is 0.293 e. The predicted octanol–water partition coefficient (Wildman–Crippen LogP) is 4.24. The summed E-state index contributed by atoms with van der Waals surface area (Å²) in [5.41, 5.74) is -0.943. The lowest BCUT2D eigenvalue weighted by Gasteiger charge is -2.12. The third-order valence-corrected chi connectivity index (χ3v) is 2.86. The molecular formula is C10H7BrClF3O. The van der Waals surface area contributed by atoms with Crippen molar-refractivity contribution in [2.24, 2.45) is 0 Å². The Bertz CT molecular complexity index is 429. The summed E-state index contributed by atoms with van der Waals surface area (Å²) in [5.74, 6) is -0.476. The quantitative estimate of drug-likeness (QED) is 0.589. The van der Waals surface area contributed by atoms with Crippen LogP contribution in [-0.2, 0) is 6.18 Å². The zero-order chi connectivity index (χ0) is 12.5. The minimum absolute atomic E-state index is 0.00335. The second kappa shape index (κ2) is 4.75. The van der Waals surface area contributed by atoms with Crippen LogP contribution >= 0.6 is 27.5 Å². The molecule has 0 heterocycles. The average Bonchev–Trinajstić information content (AvgIpc) is 2.14. The number of rotatable bonds is 2. The standard InChI is InChI=1S/C10H7BrClF3O/c1-5-2-8(12)6(9(16)4-11)3-7(5)10(13,14)15/h2-3H,4H2,1H3. The van der Waals surface area contributed by atoms with Gasteiger partial charge in [0.25, 0.3) is 0 Å². The Morgan fingerprint density at radius 1 is 1.44 bits per heavy atom. The summed E-state index contributed by atoms with van der Waals surface area (Å²) in [7, 11) is 0. The van der Waals surface area contributed by atoms with Crippen molar-refractivity contribution >= 4 is 33.3 Å². The van der Waals surface area contributed by atoms with Gasteiger partial charge in [0.15, 0.2) is 5.78 Å². The molecule has 0 unspecified atom stereocenters. The lowest BCUT2D eigenvalue weighted by molar-refractivity contribution is -0.138. The Hall–Kier alpha value is -0.550. The topological polar surface area (TPSA) is 17.1 Å². The first kappa shape index (κ1) is 13.5. The van der Waals surface area contributed by atoms with Gasteiger partial charge in [-0.05, 0) is 24.6 Å². The molecule has 0 aliphatic heterocycles. The second-order valence-corrected chi connectivity index (χ2v) is 4.17.